The highest BCUT2D eigenvalue weighted by molar-refractivity contribution is 8.45. The van der Waals surface area contributed by atoms with E-state index in [9.17, 15) is 0 Å². The Kier molecular flexibility index (Phi) is 32.5. The average Bonchev–Trinajstić information content (AvgIpc) is 3.27. The molecule has 5 aliphatic rings. The Morgan fingerprint density at radius 1 is 0.405 bits per heavy atom. The van der Waals surface area contributed by atoms with E-state index >= 15 is 0 Å². The van der Waals surface area contributed by atoms with Gasteiger partial charge in [0.1, 0.15) is 11.5 Å². The van der Waals surface area contributed by atoms with E-state index < -0.39 is 0 Å². The van der Waals surface area contributed by atoms with Crippen LogP contribution in [0.1, 0.15) is 257 Å². The summed E-state index contributed by atoms with van der Waals surface area (Å²) in [7, 11) is 3.42. The van der Waals surface area contributed by atoms with E-state index in [-0.39, 0.29) is 25.4 Å². The van der Waals surface area contributed by atoms with E-state index in [0.29, 0.717) is 0 Å². The van der Waals surface area contributed by atoms with E-state index in [0.717, 1.165) is 36.5 Å². The first-order valence-electron chi connectivity index (χ1n) is 31.1. The molecule has 2 bridgehead atoms. The molecule has 79 heavy (non-hydrogen) atoms. The van der Waals surface area contributed by atoms with Crippen molar-refractivity contribution in [2.75, 3.05) is 51.3 Å². The van der Waals surface area contributed by atoms with Crippen LogP contribution in [0.2, 0.25) is 0 Å². The van der Waals surface area contributed by atoms with Crippen molar-refractivity contribution in [3.8, 4) is 11.5 Å². The molecule has 0 aromatic heterocycles. The summed E-state index contributed by atoms with van der Waals surface area (Å²) < 4.78 is 33.4. The number of hydrogen-bond donors (Lipinski definition) is 0. The van der Waals surface area contributed by atoms with E-state index in [1.54, 1.807) is 22.7 Å². The van der Waals surface area contributed by atoms with E-state index in [1.165, 1.54) is 247 Å². The highest BCUT2D eigenvalue weighted by Crippen LogP contribution is 2.66. The summed E-state index contributed by atoms with van der Waals surface area (Å²) in [5.41, 5.74) is 9.07. The van der Waals surface area contributed by atoms with Gasteiger partial charge in [0, 0.05) is 37.2 Å². The Bertz CT molecular complexity index is 2250. The molecule has 0 amide bonds. The second kappa shape index (κ2) is 39.0. The number of rotatable bonds is 45. The molecule has 0 N–H and O–H groups in total. The van der Waals surface area contributed by atoms with Crippen LogP contribution in [0.3, 0.4) is 0 Å². The monoisotopic (exact) mass is 1220 g/mol. The van der Waals surface area contributed by atoms with Gasteiger partial charge in [0.05, 0.1) is 25.4 Å². The van der Waals surface area contributed by atoms with Gasteiger partial charge in [-0.3, -0.25) is 0 Å². The minimum Gasteiger partial charge on any atom is -0.467 e. The third kappa shape index (κ3) is 20.7. The highest BCUT2D eigenvalue weighted by atomic mass is 32.3. The first-order chi connectivity index (χ1) is 39.1. The Labute approximate surface area is 515 Å². The second-order valence-electron chi connectivity index (χ2n) is 21.9. The zero-order valence-electron chi connectivity index (χ0n) is 49.2. The number of aryl methyl sites for hydroxylation is 1. The third-order valence-corrected chi connectivity index (χ3v) is 27.5. The van der Waals surface area contributed by atoms with Crippen molar-refractivity contribution in [2.24, 2.45) is 0 Å². The van der Waals surface area contributed by atoms with Gasteiger partial charge in [-0.15, -0.1) is 47.0 Å². The summed E-state index contributed by atoms with van der Waals surface area (Å²) in [4.78, 5) is 0. The molecule has 0 unspecified atom stereocenters. The van der Waals surface area contributed by atoms with E-state index in [1.807, 2.05) is 35.3 Å². The number of thioether (sulfide) groups is 8. The number of methoxy groups -OCH3 is 2. The summed E-state index contributed by atoms with van der Waals surface area (Å²) in [6.07, 6.45) is 45.0. The summed E-state index contributed by atoms with van der Waals surface area (Å²) in [5, 5.41) is 0. The molecule has 0 fully saturated rings. The van der Waals surface area contributed by atoms with Gasteiger partial charge in [-0.25, -0.2) is 0 Å². The Hall–Kier alpha value is -0.800. The van der Waals surface area contributed by atoms with Crippen LogP contribution in [0, 0.1) is 0 Å². The second-order valence-corrected chi connectivity index (χ2v) is 31.7. The lowest BCUT2D eigenvalue weighted by molar-refractivity contribution is 0.0463. The van der Waals surface area contributed by atoms with Crippen LogP contribution in [0.4, 0.5) is 0 Å². The fourth-order valence-corrected chi connectivity index (χ4v) is 23.4. The largest absolute Gasteiger partial charge is 0.467 e. The van der Waals surface area contributed by atoms with Gasteiger partial charge in [0.25, 0.3) is 0 Å². The summed E-state index contributed by atoms with van der Waals surface area (Å²) in [5.74, 6) is 5.59. The van der Waals surface area contributed by atoms with Crippen molar-refractivity contribution in [1.82, 2.24) is 0 Å². The average molecular weight is 1220 g/mol. The van der Waals surface area contributed by atoms with Crippen molar-refractivity contribution < 1.29 is 18.9 Å². The molecular formula is C67H98O4S8. The Balaban J connectivity index is 0.896. The van der Waals surface area contributed by atoms with Gasteiger partial charge >= 0.3 is 0 Å². The molecule has 3 aliphatic carbocycles. The van der Waals surface area contributed by atoms with Crippen LogP contribution in [0.15, 0.2) is 80.0 Å². The van der Waals surface area contributed by atoms with Crippen molar-refractivity contribution in [3.63, 3.8) is 0 Å². The van der Waals surface area contributed by atoms with Gasteiger partial charge < -0.3 is 18.9 Å². The van der Waals surface area contributed by atoms with Gasteiger partial charge in [-0.1, -0.05) is 276 Å². The number of ether oxygens (including phenoxy) is 4. The number of benzene rings is 3. The van der Waals surface area contributed by atoms with Gasteiger partial charge in [-0.05, 0) is 89.5 Å². The molecule has 8 rings (SSSR count). The maximum atomic E-state index is 6.66. The molecule has 438 valence electrons. The molecule has 12 heteroatoms. The normalized spacial score (nSPS) is 16.4. The molecule has 0 atom stereocenters. The maximum absolute atomic E-state index is 6.66. The Morgan fingerprint density at radius 2 is 0.747 bits per heavy atom. The van der Waals surface area contributed by atoms with Crippen LogP contribution in [0.25, 0.3) is 0 Å². The van der Waals surface area contributed by atoms with Gasteiger partial charge in [-0.2, -0.15) is 0 Å². The van der Waals surface area contributed by atoms with Gasteiger partial charge in [0.15, 0.2) is 13.6 Å². The SMILES string of the molecule is CCCCCCCCCCCCCCCCSC1=C(SCCCCCCCCCCCCCCCC)SC(=C2SC(SC)=C(SCCCCc3cc(OCOC)c4c(c3OCOC)C3c5ccccc5C4c4ccccc43)S2)S1. The molecule has 4 nitrogen and oxygen atoms in total. The van der Waals surface area contributed by atoms with Crippen molar-refractivity contribution in [1.29, 1.82) is 0 Å². The molecule has 2 heterocycles. The minimum atomic E-state index is 0.0651. The summed E-state index contributed by atoms with van der Waals surface area (Å²) >= 11 is 16.6. The van der Waals surface area contributed by atoms with Crippen LogP contribution in [0.5, 0.6) is 11.5 Å². The fourth-order valence-electron chi connectivity index (χ4n) is 11.7. The first-order valence-corrected chi connectivity index (χ1v) is 38.5. The molecule has 0 saturated carbocycles. The molecular weight excluding hydrogens is 1130 g/mol. The van der Waals surface area contributed by atoms with E-state index in [2.05, 4.69) is 134 Å². The summed E-state index contributed by atoms with van der Waals surface area (Å²) in [6.45, 7) is 5.03. The predicted molar refractivity (Wildman–Crippen MR) is 362 cm³/mol. The zero-order chi connectivity index (χ0) is 55.1. The molecule has 0 saturated heterocycles. The third-order valence-electron chi connectivity index (χ3n) is 15.8. The van der Waals surface area contributed by atoms with Crippen molar-refractivity contribution >= 4 is 94.1 Å². The van der Waals surface area contributed by atoms with Crippen LogP contribution in [-0.2, 0) is 15.9 Å². The lowest BCUT2D eigenvalue weighted by atomic mass is 9.60. The smallest absolute Gasteiger partial charge is 0.188 e. The molecule has 3 aromatic carbocycles. The Morgan fingerprint density at radius 3 is 1.14 bits per heavy atom. The topological polar surface area (TPSA) is 36.9 Å². The minimum absolute atomic E-state index is 0.0651. The van der Waals surface area contributed by atoms with Crippen LogP contribution < -0.4 is 9.47 Å². The highest BCUT2D eigenvalue weighted by Gasteiger charge is 2.45. The standard InChI is InChI=1S/C67H98O4S8/c1-6-8-10-12-14-16-18-20-22-24-26-28-30-37-45-74-64-65(75-46-38-31-29-27-25-23-21-19-17-15-13-11-9-7-2)79-67(78-64)66-76-62(72-5)63(77-66)73-47-39-36-40-51-48-56(70-49-68-3)59-57-52-41-32-34-43-54(52)58(55-44-35-33-42-53(55)57)60(59)61(51)71-50-69-4/h32-35,41-44,48,57-58H,6-31,36-40,45-47,49-50H2,1-5H3. The molecule has 3 aromatic rings. The fraction of sp³-hybridized carbons (Fsp3) is 0.642. The predicted octanol–water partition coefficient (Wildman–Crippen LogP) is 23.8. The van der Waals surface area contributed by atoms with Gasteiger partial charge in [0.2, 0.25) is 0 Å². The zero-order valence-corrected chi connectivity index (χ0v) is 55.7. The van der Waals surface area contributed by atoms with Crippen LogP contribution >= 0.6 is 94.1 Å². The number of hydrogen-bond acceptors (Lipinski definition) is 12. The quantitative estimate of drug-likeness (QED) is 0.0275. The molecule has 0 radical (unpaired) electrons. The number of unbranched alkanes of at least 4 members (excludes halogenated alkanes) is 27. The maximum Gasteiger partial charge on any atom is 0.188 e. The first kappa shape index (κ1) is 65.7. The molecule has 2 aliphatic heterocycles. The molecule has 0 spiro atoms. The van der Waals surface area contributed by atoms with Crippen molar-refractivity contribution in [2.45, 2.75) is 225 Å². The van der Waals surface area contributed by atoms with Crippen molar-refractivity contribution in [3.05, 3.63) is 119 Å². The summed E-state index contributed by atoms with van der Waals surface area (Å²) in [6, 6.07) is 20.2. The van der Waals surface area contributed by atoms with Crippen LogP contribution in [-0.4, -0.2) is 51.3 Å². The lowest BCUT2D eigenvalue weighted by Crippen LogP contribution is -2.29. The lowest BCUT2D eigenvalue weighted by Gasteiger charge is -2.43. The van der Waals surface area contributed by atoms with E-state index in [4.69, 9.17) is 18.9 Å².